The number of aliphatic imine (C=N–C) groups is 1. The first-order valence-electron chi connectivity index (χ1n) is 4.69. The van der Waals surface area contributed by atoms with Crippen LogP contribution in [0.1, 0.15) is 27.7 Å². The van der Waals surface area contributed by atoms with Gasteiger partial charge in [-0.25, -0.2) is 0 Å². The molecule has 0 unspecified atom stereocenters. The minimum atomic E-state index is 0.475. The van der Waals surface area contributed by atoms with E-state index in [2.05, 4.69) is 42.9 Å². The molecule has 0 aliphatic carbocycles. The first kappa shape index (κ1) is 9.36. The molecule has 0 aromatic heterocycles. The van der Waals surface area contributed by atoms with Crippen molar-refractivity contribution in [3.63, 3.8) is 0 Å². The second-order valence-electron chi connectivity index (χ2n) is 3.79. The maximum absolute atomic E-state index is 4.41. The summed E-state index contributed by atoms with van der Waals surface area (Å²) in [5.41, 5.74) is 0. The van der Waals surface area contributed by atoms with Crippen molar-refractivity contribution in [2.45, 2.75) is 39.8 Å². The van der Waals surface area contributed by atoms with Crippen LogP contribution in [0.15, 0.2) is 4.99 Å². The SMILES string of the molecule is CC(C)NC1=NCCN1C(C)C. The molecule has 1 aliphatic heterocycles. The number of rotatable bonds is 2. The summed E-state index contributed by atoms with van der Waals surface area (Å²) in [6.45, 7) is 10.7. The fourth-order valence-electron chi connectivity index (χ4n) is 1.35. The molecule has 1 aliphatic rings. The Bertz CT molecular complexity index is 173. The van der Waals surface area contributed by atoms with Gasteiger partial charge in [0, 0.05) is 18.6 Å². The van der Waals surface area contributed by atoms with E-state index in [4.69, 9.17) is 0 Å². The Morgan fingerprint density at radius 1 is 1.33 bits per heavy atom. The van der Waals surface area contributed by atoms with Gasteiger partial charge in [-0.1, -0.05) is 0 Å². The number of nitrogens with zero attached hydrogens (tertiary/aromatic N) is 2. The first-order valence-corrected chi connectivity index (χ1v) is 4.69. The quantitative estimate of drug-likeness (QED) is 0.669. The highest BCUT2D eigenvalue weighted by atomic mass is 15.3. The van der Waals surface area contributed by atoms with Gasteiger partial charge in [-0.15, -0.1) is 0 Å². The lowest BCUT2D eigenvalue weighted by atomic mass is 10.3. The molecular weight excluding hydrogens is 150 g/mol. The fourth-order valence-corrected chi connectivity index (χ4v) is 1.35. The standard InChI is InChI=1S/C9H19N3/c1-7(2)11-9-10-5-6-12(9)8(3)4/h7-8H,5-6H2,1-4H3,(H,10,11). The minimum absolute atomic E-state index is 0.475. The van der Waals surface area contributed by atoms with Gasteiger partial charge < -0.3 is 10.2 Å². The van der Waals surface area contributed by atoms with E-state index in [9.17, 15) is 0 Å². The molecule has 3 heteroatoms. The molecule has 0 spiro atoms. The molecule has 0 saturated heterocycles. The van der Waals surface area contributed by atoms with Crippen molar-refractivity contribution in [2.75, 3.05) is 13.1 Å². The summed E-state index contributed by atoms with van der Waals surface area (Å²) >= 11 is 0. The van der Waals surface area contributed by atoms with Gasteiger partial charge in [0.25, 0.3) is 0 Å². The highest BCUT2D eigenvalue weighted by Gasteiger charge is 2.19. The van der Waals surface area contributed by atoms with Crippen LogP contribution in [0.2, 0.25) is 0 Å². The summed E-state index contributed by atoms with van der Waals surface area (Å²) in [6, 6.07) is 1.03. The van der Waals surface area contributed by atoms with Gasteiger partial charge in [0.15, 0.2) is 5.96 Å². The smallest absolute Gasteiger partial charge is 0.194 e. The Morgan fingerprint density at radius 3 is 2.50 bits per heavy atom. The van der Waals surface area contributed by atoms with Crippen LogP contribution in [0, 0.1) is 0 Å². The Balaban J connectivity index is 2.51. The summed E-state index contributed by atoms with van der Waals surface area (Å²) < 4.78 is 0. The zero-order valence-electron chi connectivity index (χ0n) is 8.46. The molecule has 0 aromatic rings. The molecule has 0 radical (unpaired) electrons. The van der Waals surface area contributed by atoms with Gasteiger partial charge >= 0.3 is 0 Å². The lowest BCUT2D eigenvalue weighted by Gasteiger charge is -2.26. The van der Waals surface area contributed by atoms with Crippen molar-refractivity contribution in [2.24, 2.45) is 4.99 Å². The highest BCUT2D eigenvalue weighted by molar-refractivity contribution is 5.81. The Kier molecular flexibility index (Phi) is 2.95. The molecule has 1 N–H and O–H groups in total. The lowest BCUT2D eigenvalue weighted by Crippen LogP contribution is -2.44. The topological polar surface area (TPSA) is 27.6 Å². The van der Waals surface area contributed by atoms with E-state index < -0.39 is 0 Å². The monoisotopic (exact) mass is 169 g/mol. The lowest BCUT2D eigenvalue weighted by molar-refractivity contribution is 0.366. The predicted molar refractivity (Wildman–Crippen MR) is 52.4 cm³/mol. The van der Waals surface area contributed by atoms with Crippen molar-refractivity contribution < 1.29 is 0 Å². The average Bonchev–Trinajstić information content (AvgIpc) is 2.33. The third-order valence-corrected chi connectivity index (χ3v) is 1.92. The van der Waals surface area contributed by atoms with Crippen molar-refractivity contribution in [3.05, 3.63) is 0 Å². The Labute approximate surface area is 74.9 Å². The molecule has 0 fully saturated rings. The fraction of sp³-hybridized carbons (Fsp3) is 0.889. The summed E-state index contributed by atoms with van der Waals surface area (Å²) in [6.07, 6.45) is 0. The second-order valence-corrected chi connectivity index (χ2v) is 3.79. The third-order valence-electron chi connectivity index (χ3n) is 1.92. The van der Waals surface area contributed by atoms with E-state index in [0.717, 1.165) is 19.0 Å². The maximum Gasteiger partial charge on any atom is 0.194 e. The van der Waals surface area contributed by atoms with Gasteiger partial charge in [-0.2, -0.15) is 0 Å². The van der Waals surface area contributed by atoms with Crippen LogP contribution >= 0.6 is 0 Å². The number of nitrogens with one attached hydrogen (secondary N) is 1. The number of hydrogen-bond acceptors (Lipinski definition) is 3. The van der Waals surface area contributed by atoms with Gasteiger partial charge in [-0.3, -0.25) is 4.99 Å². The molecular formula is C9H19N3. The molecule has 0 atom stereocenters. The van der Waals surface area contributed by atoms with Gasteiger partial charge in [0.1, 0.15) is 0 Å². The van der Waals surface area contributed by atoms with E-state index >= 15 is 0 Å². The molecule has 1 rings (SSSR count). The van der Waals surface area contributed by atoms with Gasteiger partial charge in [0.05, 0.1) is 6.54 Å². The molecule has 0 bridgehead atoms. The van der Waals surface area contributed by atoms with E-state index in [0.29, 0.717) is 12.1 Å². The molecule has 3 nitrogen and oxygen atoms in total. The Morgan fingerprint density at radius 2 is 2.00 bits per heavy atom. The van der Waals surface area contributed by atoms with E-state index in [1.807, 2.05) is 0 Å². The van der Waals surface area contributed by atoms with Crippen LogP contribution in [-0.4, -0.2) is 36.0 Å². The van der Waals surface area contributed by atoms with Crippen LogP contribution in [0.25, 0.3) is 0 Å². The third kappa shape index (κ3) is 2.13. The molecule has 0 saturated carbocycles. The predicted octanol–water partition coefficient (Wildman–Crippen LogP) is 1.06. The summed E-state index contributed by atoms with van der Waals surface area (Å²) in [7, 11) is 0. The van der Waals surface area contributed by atoms with Gasteiger partial charge in [0.2, 0.25) is 0 Å². The largest absolute Gasteiger partial charge is 0.354 e. The summed E-state index contributed by atoms with van der Waals surface area (Å²) in [5, 5.41) is 3.35. The van der Waals surface area contributed by atoms with Crippen LogP contribution in [0.5, 0.6) is 0 Å². The highest BCUT2D eigenvalue weighted by Crippen LogP contribution is 2.05. The molecule has 0 amide bonds. The molecule has 70 valence electrons. The van der Waals surface area contributed by atoms with Crippen LogP contribution in [0.4, 0.5) is 0 Å². The van der Waals surface area contributed by atoms with Crippen molar-refractivity contribution in [1.82, 2.24) is 10.2 Å². The zero-order chi connectivity index (χ0) is 9.14. The average molecular weight is 169 g/mol. The molecule has 1 heterocycles. The summed E-state index contributed by atoms with van der Waals surface area (Å²) in [4.78, 5) is 6.72. The first-order chi connectivity index (χ1) is 5.61. The number of guanidine groups is 1. The minimum Gasteiger partial charge on any atom is -0.354 e. The van der Waals surface area contributed by atoms with Crippen LogP contribution < -0.4 is 5.32 Å². The van der Waals surface area contributed by atoms with Crippen molar-refractivity contribution in [1.29, 1.82) is 0 Å². The van der Waals surface area contributed by atoms with Crippen molar-refractivity contribution >= 4 is 5.96 Å². The summed E-state index contributed by atoms with van der Waals surface area (Å²) in [5.74, 6) is 1.07. The van der Waals surface area contributed by atoms with E-state index in [1.165, 1.54) is 0 Å². The van der Waals surface area contributed by atoms with Gasteiger partial charge in [-0.05, 0) is 27.7 Å². The van der Waals surface area contributed by atoms with Crippen molar-refractivity contribution in [3.8, 4) is 0 Å². The maximum atomic E-state index is 4.41. The molecule has 0 aromatic carbocycles. The van der Waals surface area contributed by atoms with E-state index in [1.54, 1.807) is 0 Å². The normalized spacial score (nSPS) is 17.5. The zero-order valence-corrected chi connectivity index (χ0v) is 8.46. The second kappa shape index (κ2) is 3.78. The van der Waals surface area contributed by atoms with E-state index in [-0.39, 0.29) is 0 Å². The van der Waals surface area contributed by atoms with Crippen LogP contribution in [0.3, 0.4) is 0 Å². The van der Waals surface area contributed by atoms with Crippen LogP contribution in [-0.2, 0) is 0 Å². The number of hydrogen-bond donors (Lipinski definition) is 1. The molecule has 12 heavy (non-hydrogen) atoms. The Hall–Kier alpha value is -0.730.